The van der Waals surface area contributed by atoms with Gasteiger partial charge in [0.25, 0.3) is 0 Å². The van der Waals surface area contributed by atoms with Crippen molar-refractivity contribution in [1.82, 2.24) is 5.32 Å². The third-order valence-corrected chi connectivity index (χ3v) is 5.19. The average molecular weight is 388 g/mol. The molecule has 0 spiro atoms. The van der Waals surface area contributed by atoms with Gasteiger partial charge in [-0.05, 0) is 35.7 Å². The molecule has 0 aliphatic carbocycles. The summed E-state index contributed by atoms with van der Waals surface area (Å²) in [6, 6.07) is 10.7. The van der Waals surface area contributed by atoms with E-state index in [2.05, 4.69) is 10.6 Å². The van der Waals surface area contributed by atoms with Gasteiger partial charge in [0.15, 0.2) is 0 Å². The second-order valence-electron chi connectivity index (χ2n) is 5.22. The number of anilines is 1. The first-order valence-corrected chi connectivity index (χ1v) is 9.30. The van der Waals surface area contributed by atoms with E-state index in [1.54, 1.807) is 29.6 Å². The van der Waals surface area contributed by atoms with Crippen molar-refractivity contribution in [2.45, 2.75) is 6.54 Å². The molecule has 0 saturated heterocycles. The van der Waals surface area contributed by atoms with Gasteiger partial charge in [-0.25, -0.2) is 4.39 Å². The minimum absolute atomic E-state index is 0.0626. The first kappa shape index (κ1) is 18.0. The highest BCUT2D eigenvalue weighted by Gasteiger charge is 2.16. The predicted octanol–water partition coefficient (Wildman–Crippen LogP) is 3.43. The Bertz CT molecular complexity index is 951. The number of nitrogens with one attached hydrogen (secondary N) is 2. The quantitative estimate of drug-likeness (QED) is 0.519. The van der Waals surface area contributed by atoms with Crippen LogP contribution in [0, 0.1) is 5.82 Å². The van der Waals surface area contributed by atoms with Gasteiger partial charge in [-0.15, -0.1) is 11.3 Å². The fourth-order valence-corrected chi connectivity index (χ4v) is 3.67. The molecule has 1 aromatic carbocycles. The summed E-state index contributed by atoms with van der Waals surface area (Å²) in [6.07, 6.45) is 0. The number of carbonyl (C=O) groups excluding carboxylic acids is 3. The summed E-state index contributed by atoms with van der Waals surface area (Å²) in [7, 11) is 0. The van der Waals surface area contributed by atoms with Crippen LogP contribution in [0.1, 0.15) is 20.1 Å². The Morgan fingerprint density at radius 1 is 1.00 bits per heavy atom. The van der Waals surface area contributed by atoms with Crippen molar-refractivity contribution in [1.29, 1.82) is 0 Å². The van der Waals surface area contributed by atoms with Crippen LogP contribution in [0.3, 0.4) is 0 Å². The maximum Gasteiger partial charge on any atom is 0.313 e. The maximum atomic E-state index is 13.5. The Morgan fingerprint density at radius 3 is 2.54 bits per heavy atom. The summed E-state index contributed by atoms with van der Waals surface area (Å²) >= 11 is 2.69. The zero-order chi connectivity index (χ0) is 18.5. The van der Waals surface area contributed by atoms with Crippen LogP contribution in [0.5, 0.6) is 0 Å². The molecule has 0 unspecified atom stereocenters. The van der Waals surface area contributed by atoms with Gasteiger partial charge in [0.2, 0.25) is 5.78 Å². The summed E-state index contributed by atoms with van der Waals surface area (Å²) in [6.45, 7) is 0.102. The summed E-state index contributed by atoms with van der Waals surface area (Å²) in [5.74, 6) is -2.54. The van der Waals surface area contributed by atoms with E-state index in [9.17, 15) is 18.8 Å². The first-order valence-electron chi connectivity index (χ1n) is 7.54. The van der Waals surface area contributed by atoms with E-state index in [1.807, 2.05) is 5.38 Å². The van der Waals surface area contributed by atoms with Crippen molar-refractivity contribution in [3.8, 4) is 0 Å². The van der Waals surface area contributed by atoms with Gasteiger partial charge in [0.1, 0.15) is 5.82 Å². The third kappa shape index (κ3) is 4.22. The highest BCUT2D eigenvalue weighted by Crippen LogP contribution is 2.21. The normalized spacial score (nSPS) is 10.3. The number of thiophene rings is 2. The van der Waals surface area contributed by atoms with Crippen LogP contribution in [-0.4, -0.2) is 17.6 Å². The van der Waals surface area contributed by atoms with E-state index in [0.29, 0.717) is 10.4 Å². The Kier molecular flexibility index (Phi) is 5.55. The van der Waals surface area contributed by atoms with Gasteiger partial charge in [0.05, 0.1) is 17.1 Å². The summed E-state index contributed by atoms with van der Waals surface area (Å²) in [5.41, 5.74) is 0.559. The first-order chi connectivity index (χ1) is 12.5. The van der Waals surface area contributed by atoms with Gasteiger partial charge in [0, 0.05) is 15.8 Å². The molecule has 0 radical (unpaired) electrons. The monoisotopic (exact) mass is 388 g/mol. The highest BCUT2D eigenvalue weighted by molar-refractivity contribution is 7.14. The number of halogens is 1. The van der Waals surface area contributed by atoms with E-state index < -0.39 is 17.6 Å². The molecule has 8 heteroatoms. The number of rotatable bonds is 5. The van der Waals surface area contributed by atoms with Crippen LogP contribution in [0.25, 0.3) is 0 Å². The molecule has 0 atom stereocenters. The molecular formula is C18H13FN2O3S2. The lowest BCUT2D eigenvalue weighted by atomic mass is 10.2. The third-order valence-electron chi connectivity index (χ3n) is 3.42. The van der Waals surface area contributed by atoms with Crippen molar-refractivity contribution in [3.05, 3.63) is 74.4 Å². The van der Waals surface area contributed by atoms with E-state index in [4.69, 9.17) is 0 Å². The Morgan fingerprint density at radius 2 is 1.81 bits per heavy atom. The van der Waals surface area contributed by atoms with Crippen molar-refractivity contribution < 1.29 is 18.8 Å². The van der Waals surface area contributed by atoms with Gasteiger partial charge in [-0.3, -0.25) is 14.4 Å². The standard InChI is InChI=1S/C18H13FN2O3S2/c19-13-3-1-2-4-14(13)21-18(24)17(23)20-9-12-5-6-15(26-12)16(22)11-7-8-25-10-11/h1-8,10H,9H2,(H,20,23)(H,21,24). The van der Waals surface area contributed by atoms with Crippen molar-refractivity contribution in [2.75, 3.05) is 5.32 Å². The van der Waals surface area contributed by atoms with Gasteiger partial charge in [-0.2, -0.15) is 11.3 Å². The number of hydrogen-bond acceptors (Lipinski definition) is 5. The van der Waals surface area contributed by atoms with Crippen LogP contribution in [0.15, 0.2) is 53.2 Å². The van der Waals surface area contributed by atoms with Crippen LogP contribution in [0.2, 0.25) is 0 Å². The molecule has 26 heavy (non-hydrogen) atoms. The molecule has 2 amide bonds. The molecule has 0 bridgehead atoms. The summed E-state index contributed by atoms with van der Waals surface area (Å²) in [4.78, 5) is 37.2. The Hall–Kier alpha value is -2.84. The number of benzene rings is 1. The van der Waals surface area contributed by atoms with Crippen molar-refractivity contribution in [3.63, 3.8) is 0 Å². The topological polar surface area (TPSA) is 75.3 Å². The minimum atomic E-state index is -0.957. The van der Waals surface area contributed by atoms with Crippen LogP contribution in [-0.2, 0) is 16.1 Å². The zero-order valence-electron chi connectivity index (χ0n) is 13.3. The molecule has 2 aromatic heterocycles. The molecule has 0 aliphatic heterocycles. The van der Waals surface area contributed by atoms with Crippen LogP contribution >= 0.6 is 22.7 Å². The smallest absolute Gasteiger partial charge is 0.313 e. The van der Waals surface area contributed by atoms with Crippen molar-refractivity contribution in [2.24, 2.45) is 0 Å². The maximum absolute atomic E-state index is 13.5. The Balaban J connectivity index is 1.55. The molecule has 3 rings (SSSR count). The molecule has 132 valence electrons. The second kappa shape index (κ2) is 8.03. The molecule has 0 aliphatic rings. The van der Waals surface area contributed by atoms with Gasteiger partial charge >= 0.3 is 11.8 Å². The lowest BCUT2D eigenvalue weighted by Crippen LogP contribution is -2.35. The molecule has 2 heterocycles. The van der Waals surface area contributed by atoms with E-state index in [0.717, 1.165) is 4.88 Å². The Labute approximate surface area is 156 Å². The second-order valence-corrected chi connectivity index (χ2v) is 7.17. The average Bonchev–Trinajstić information content (AvgIpc) is 3.33. The number of ketones is 1. The van der Waals surface area contributed by atoms with E-state index >= 15 is 0 Å². The fraction of sp³-hybridized carbons (Fsp3) is 0.0556. The lowest BCUT2D eigenvalue weighted by Gasteiger charge is -2.06. The van der Waals surface area contributed by atoms with E-state index in [-0.39, 0.29) is 18.0 Å². The van der Waals surface area contributed by atoms with E-state index in [1.165, 1.54) is 40.9 Å². The molecule has 3 aromatic rings. The number of para-hydroxylation sites is 1. The molecule has 0 fully saturated rings. The lowest BCUT2D eigenvalue weighted by molar-refractivity contribution is -0.136. The zero-order valence-corrected chi connectivity index (χ0v) is 15.0. The number of hydrogen-bond donors (Lipinski definition) is 2. The molecule has 5 nitrogen and oxygen atoms in total. The summed E-state index contributed by atoms with van der Waals surface area (Å²) < 4.78 is 13.5. The molecule has 2 N–H and O–H groups in total. The fourth-order valence-electron chi connectivity index (χ4n) is 2.12. The summed E-state index contributed by atoms with van der Waals surface area (Å²) in [5, 5.41) is 8.27. The molecular weight excluding hydrogens is 375 g/mol. The van der Waals surface area contributed by atoms with Crippen molar-refractivity contribution >= 4 is 46.0 Å². The largest absolute Gasteiger partial charge is 0.343 e. The highest BCUT2D eigenvalue weighted by atomic mass is 32.1. The number of carbonyl (C=O) groups is 3. The number of amides is 2. The molecule has 0 saturated carbocycles. The van der Waals surface area contributed by atoms with Gasteiger partial charge < -0.3 is 10.6 Å². The van der Waals surface area contributed by atoms with Crippen LogP contribution in [0.4, 0.5) is 10.1 Å². The van der Waals surface area contributed by atoms with Gasteiger partial charge in [-0.1, -0.05) is 12.1 Å². The predicted molar refractivity (Wildman–Crippen MR) is 98.9 cm³/mol. The van der Waals surface area contributed by atoms with Crippen LogP contribution < -0.4 is 10.6 Å². The SMILES string of the molecule is O=C(NCc1ccc(C(=O)c2ccsc2)s1)C(=O)Nc1ccccc1F. The minimum Gasteiger partial charge on any atom is -0.343 e.